The van der Waals surface area contributed by atoms with Gasteiger partial charge in [-0.3, -0.25) is 0 Å². The first kappa shape index (κ1) is 23.1. The van der Waals surface area contributed by atoms with E-state index in [0.29, 0.717) is 0 Å². The van der Waals surface area contributed by atoms with Crippen molar-refractivity contribution in [2.45, 2.75) is 0 Å². The summed E-state index contributed by atoms with van der Waals surface area (Å²) in [5.74, 6) is 0. The maximum Gasteiger partial charge on any atom is 0.0544 e. The topological polar surface area (TPSA) is 20.7 Å². The lowest BCUT2D eigenvalue weighted by Gasteiger charge is -2.11. The Morgan fingerprint density at radius 1 is 0.381 bits per heavy atom. The molecule has 7 aromatic carbocycles. The van der Waals surface area contributed by atoms with Crippen LogP contribution in [-0.4, -0.2) is 9.55 Å². The molecule has 2 aromatic heterocycles. The molecule has 0 aliphatic carbocycles. The van der Waals surface area contributed by atoms with Crippen molar-refractivity contribution >= 4 is 54.4 Å². The second-order valence-corrected chi connectivity index (χ2v) is 11.1. The quantitative estimate of drug-likeness (QED) is 0.233. The van der Waals surface area contributed by atoms with Gasteiger partial charge in [-0.1, -0.05) is 109 Å². The van der Waals surface area contributed by atoms with Crippen LogP contribution in [0.1, 0.15) is 0 Å². The van der Waals surface area contributed by atoms with E-state index in [9.17, 15) is 0 Å². The van der Waals surface area contributed by atoms with Gasteiger partial charge in [-0.15, -0.1) is 0 Å². The average Bonchev–Trinajstić information content (AvgIpc) is 3.60. The standard InChI is InChI=1S/C40H26N2/c1-2-10-29(11-3-1)42-38-17-9-7-14-32(38)35-24-28(22-23-39(35)42)26-18-20-27(21-19-26)34-25-36-31-13-6-8-16-37(31)41-40(36)33-15-5-4-12-30(33)34/h1-25,41H. The SMILES string of the molecule is c1ccc(-n2c3ccccc3c3cc(-c4ccc(-c5cc6c7ccccc7[nH]c6c6ccccc56)cc4)ccc32)cc1. The van der Waals surface area contributed by atoms with Crippen LogP contribution in [0, 0.1) is 0 Å². The van der Waals surface area contributed by atoms with E-state index in [1.807, 2.05) is 0 Å². The fourth-order valence-electron chi connectivity index (χ4n) is 6.77. The largest absolute Gasteiger partial charge is 0.354 e. The summed E-state index contributed by atoms with van der Waals surface area (Å²) in [5, 5.41) is 7.59. The number of hydrogen-bond acceptors (Lipinski definition) is 0. The van der Waals surface area contributed by atoms with Gasteiger partial charge in [0.05, 0.1) is 16.6 Å². The first-order valence-electron chi connectivity index (χ1n) is 14.5. The Labute approximate surface area is 243 Å². The van der Waals surface area contributed by atoms with Gasteiger partial charge >= 0.3 is 0 Å². The van der Waals surface area contributed by atoms with E-state index < -0.39 is 0 Å². The maximum absolute atomic E-state index is 3.67. The van der Waals surface area contributed by atoms with Gasteiger partial charge in [0.15, 0.2) is 0 Å². The Balaban J connectivity index is 1.19. The Morgan fingerprint density at radius 2 is 1.00 bits per heavy atom. The van der Waals surface area contributed by atoms with Gasteiger partial charge in [-0.25, -0.2) is 0 Å². The monoisotopic (exact) mass is 534 g/mol. The minimum Gasteiger partial charge on any atom is -0.354 e. The minimum atomic E-state index is 1.18. The molecule has 2 nitrogen and oxygen atoms in total. The molecule has 2 heteroatoms. The zero-order valence-electron chi connectivity index (χ0n) is 22.9. The molecule has 0 saturated carbocycles. The number of fused-ring (bicyclic) bond motifs is 8. The van der Waals surface area contributed by atoms with Crippen molar-refractivity contribution in [1.82, 2.24) is 9.55 Å². The normalized spacial score (nSPS) is 11.8. The molecule has 0 bridgehead atoms. The number of nitrogens with one attached hydrogen (secondary N) is 1. The number of aromatic amines is 1. The van der Waals surface area contributed by atoms with Gasteiger partial charge in [-0.2, -0.15) is 0 Å². The van der Waals surface area contributed by atoms with Crippen LogP contribution in [0.25, 0.3) is 82.3 Å². The van der Waals surface area contributed by atoms with Crippen molar-refractivity contribution in [1.29, 1.82) is 0 Å². The summed E-state index contributed by atoms with van der Waals surface area (Å²) in [6, 6.07) is 54.9. The third-order valence-corrected chi connectivity index (χ3v) is 8.74. The predicted octanol–water partition coefficient (Wildman–Crippen LogP) is 10.9. The molecule has 0 aliphatic heterocycles. The molecule has 0 aliphatic rings. The first-order valence-corrected chi connectivity index (χ1v) is 14.5. The summed E-state index contributed by atoms with van der Waals surface area (Å²) in [5.41, 5.74) is 10.9. The number of hydrogen-bond donors (Lipinski definition) is 1. The van der Waals surface area contributed by atoms with Crippen LogP contribution >= 0.6 is 0 Å². The lowest BCUT2D eigenvalue weighted by molar-refractivity contribution is 1.18. The minimum absolute atomic E-state index is 1.18. The molecule has 0 atom stereocenters. The van der Waals surface area contributed by atoms with Crippen LogP contribution in [-0.2, 0) is 0 Å². The highest BCUT2D eigenvalue weighted by Crippen LogP contribution is 2.39. The summed E-state index contributed by atoms with van der Waals surface area (Å²) in [4.78, 5) is 3.67. The highest BCUT2D eigenvalue weighted by atomic mass is 15.0. The Kier molecular flexibility index (Phi) is 4.93. The molecule has 9 aromatic rings. The fourth-order valence-corrected chi connectivity index (χ4v) is 6.77. The molecule has 2 heterocycles. The summed E-state index contributed by atoms with van der Waals surface area (Å²) in [6.07, 6.45) is 0. The van der Waals surface area contributed by atoms with Crippen molar-refractivity contribution in [2.24, 2.45) is 0 Å². The van der Waals surface area contributed by atoms with Crippen molar-refractivity contribution in [2.75, 3.05) is 0 Å². The van der Waals surface area contributed by atoms with Gasteiger partial charge in [-0.05, 0) is 70.1 Å². The van der Waals surface area contributed by atoms with Gasteiger partial charge in [0.2, 0.25) is 0 Å². The van der Waals surface area contributed by atoms with Gasteiger partial charge in [0.1, 0.15) is 0 Å². The molecule has 0 radical (unpaired) electrons. The van der Waals surface area contributed by atoms with Crippen molar-refractivity contribution in [3.05, 3.63) is 152 Å². The summed E-state index contributed by atoms with van der Waals surface area (Å²) in [7, 11) is 0. The number of nitrogens with zero attached hydrogens (tertiary/aromatic N) is 1. The van der Waals surface area contributed by atoms with Crippen molar-refractivity contribution < 1.29 is 0 Å². The van der Waals surface area contributed by atoms with Crippen LogP contribution in [0.2, 0.25) is 0 Å². The number of para-hydroxylation sites is 3. The van der Waals surface area contributed by atoms with Gasteiger partial charge in [0, 0.05) is 38.1 Å². The average molecular weight is 535 g/mol. The molecule has 0 fully saturated rings. The van der Waals surface area contributed by atoms with Crippen LogP contribution in [0.4, 0.5) is 0 Å². The molecule has 0 unspecified atom stereocenters. The molecule has 0 amide bonds. The second kappa shape index (κ2) is 8.95. The van der Waals surface area contributed by atoms with Crippen LogP contribution in [0.3, 0.4) is 0 Å². The van der Waals surface area contributed by atoms with E-state index in [4.69, 9.17) is 0 Å². The molecule has 0 saturated heterocycles. The summed E-state index contributed by atoms with van der Waals surface area (Å²) in [6.45, 7) is 0. The van der Waals surface area contributed by atoms with Crippen LogP contribution in [0.15, 0.2) is 152 Å². The van der Waals surface area contributed by atoms with E-state index in [1.54, 1.807) is 0 Å². The van der Waals surface area contributed by atoms with Crippen LogP contribution < -0.4 is 0 Å². The van der Waals surface area contributed by atoms with E-state index in [1.165, 1.54) is 82.3 Å². The lowest BCUT2D eigenvalue weighted by atomic mass is 9.93. The first-order chi connectivity index (χ1) is 20.8. The van der Waals surface area contributed by atoms with Crippen molar-refractivity contribution in [3.8, 4) is 27.9 Å². The van der Waals surface area contributed by atoms with Crippen molar-refractivity contribution in [3.63, 3.8) is 0 Å². The van der Waals surface area contributed by atoms with E-state index in [-0.39, 0.29) is 0 Å². The maximum atomic E-state index is 3.67. The number of benzene rings is 7. The molecule has 9 rings (SSSR count). The van der Waals surface area contributed by atoms with E-state index >= 15 is 0 Å². The third-order valence-electron chi connectivity index (χ3n) is 8.74. The Morgan fingerprint density at radius 3 is 1.83 bits per heavy atom. The van der Waals surface area contributed by atoms with Gasteiger partial charge in [0.25, 0.3) is 0 Å². The lowest BCUT2D eigenvalue weighted by Crippen LogP contribution is -1.92. The van der Waals surface area contributed by atoms with E-state index in [2.05, 4.69) is 161 Å². The smallest absolute Gasteiger partial charge is 0.0544 e. The molecular weight excluding hydrogens is 508 g/mol. The summed E-state index contributed by atoms with van der Waals surface area (Å²) < 4.78 is 2.36. The zero-order valence-corrected chi connectivity index (χ0v) is 22.9. The molecular formula is C40H26N2. The van der Waals surface area contributed by atoms with Crippen LogP contribution in [0.5, 0.6) is 0 Å². The predicted molar refractivity (Wildman–Crippen MR) is 179 cm³/mol. The van der Waals surface area contributed by atoms with E-state index in [0.717, 1.165) is 0 Å². The highest BCUT2D eigenvalue weighted by molar-refractivity contribution is 6.20. The molecule has 42 heavy (non-hydrogen) atoms. The molecule has 196 valence electrons. The Bertz CT molecular complexity index is 2440. The number of aromatic nitrogens is 2. The molecule has 0 spiro atoms. The molecule has 1 N–H and O–H groups in total. The van der Waals surface area contributed by atoms with Gasteiger partial charge < -0.3 is 9.55 Å². The number of H-pyrrole nitrogens is 1. The summed E-state index contributed by atoms with van der Waals surface area (Å²) >= 11 is 0. The number of rotatable bonds is 3. The fraction of sp³-hybridized carbons (Fsp3) is 0. The zero-order chi connectivity index (χ0) is 27.6. The second-order valence-electron chi connectivity index (χ2n) is 11.1. The third kappa shape index (κ3) is 3.39. The Hall–Kier alpha value is -5.60. The highest BCUT2D eigenvalue weighted by Gasteiger charge is 2.15.